The third kappa shape index (κ3) is 22.6. The Hall–Kier alpha value is -8.33. The molecule has 90 heavy (non-hydrogen) atoms. The molecule has 11 amide bonds. The molecule has 0 aliphatic carbocycles. The number of carboxylic acid groups (broad SMARTS) is 4. The van der Waals surface area contributed by atoms with Gasteiger partial charge in [0.05, 0.1) is 36.9 Å². The molecule has 0 aromatic rings. The molecule has 3 rings (SSSR count). The van der Waals surface area contributed by atoms with Crippen molar-refractivity contribution < 1.29 is 102 Å². The van der Waals surface area contributed by atoms with Crippen LogP contribution in [0.2, 0.25) is 0 Å². The maximum atomic E-state index is 14.9. The van der Waals surface area contributed by atoms with Gasteiger partial charge in [-0.3, -0.25) is 67.1 Å². The Kier molecular flexibility index (Phi) is 29.7. The number of nitrogens with one attached hydrogen (secondary N) is 10. The van der Waals surface area contributed by atoms with Gasteiger partial charge >= 0.3 is 23.9 Å². The Morgan fingerprint density at radius 3 is 1.83 bits per heavy atom. The van der Waals surface area contributed by atoms with Crippen molar-refractivity contribution in [3.05, 3.63) is 12.2 Å². The SMILES string of the molecule is CCC(C)CCC1OC1/C=C/C(=O)N[C@H](C(=O)N[C@@H]1C(=O)N[C@H](C(C)C)C(=O)N[C@@H](CCCCN)C(=O)N[C@@H](C(O)C(=O)O)C(=O)N[C@@H](CC(=O)O)C(=O)NCC(=O)N[C@H](C(C)C(=O)O)C(=O)N[C@@H](C(C)C)C(=O)N2C[C@H](C)C[C@H]2C(=O)NC1C)C(C)C(=O)O. The van der Waals surface area contributed by atoms with Gasteiger partial charge in [0, 0.05) is 12.6 Å². The quantitative estimate of drug-likeness (QED) is 0.0261. The molecule has 3 fully saturated rings. The van der Waals surface area contributed by atoms with E-state index < -0.39 is 204 Å². The summed E-state index contributed by atoms with van der Waals surface area (Å²) in [5.74, 6) is -25.6. The molecule has 3 aliphatic heterocycles. The largest absolute Gasteiger partial charge is 0.481 e. The molecule has 0 saturated carbocycles. The molecule has 0 spiro atoms. The lowest BCUT2D eigenvalue weighted by atomic mass is 9.97. The Labute approximate surface area is 520 Å². The van der Waals surface area contributed by atoms with E-state index in [0.717, 1.165) is 37.7 Å². The summed E-state index contributed by atoms with van der Waals surface area (Å²) < 4.78 is 5.65. The number of hydrogen-bond donors (Lipinski definition) is 16. The Bertz CT molecular complexity index is 2690. The number of aliphatic hydroxyl groups excluding tert-OH is 1. The molecular formula is C57H90N12O21. The first-order valence-corrected chi connectivity index (χ1v) is 30.0. The maximum absolute atomic E-state index is 14.9. The third-order valence-electron chi connectivity index (χ3n) is 15.8. The highest BCUT2D eigenvalue weighted by molar-refractivity contribution is 6.02. The van der Waals surface area contributed by atoms with E-state index in [1.54, 1.807) is 6.92 Å². The van der Waals surface area contributed by atoms with Crippen LogP contribution in [0.3, 0.4) is 0 Å². The standard InChI is InChI=1S/C57H90N12O21/c1-11-26(6)15-16-34-35(90-34)17-18-36(70)63-41(28(8)55(84)85)51(80)67-43-30(10)60-48(77)33-20-27(7)23-69(33)54(83)40(25(4)5)66-50(79)42(29(9)56(86)87)64-37(71)22-59-46(75)32(21-38(72)73)62-53(82)44(45(74)57(88)89)68-47(76)31(14-12-13-19-58)61-49(78)39(24(2)3)65-52(43)81/h17-18,24-35,39-45,74H,11-16,19-23,58H2,1-10H3,(H,59,75)(H,60,77)(H,61,78)(H,62,82)(H,63,70)(H,64,71)(H,65,81)(H,66,79)(H,67,80)(H,68,76)(H,72,73)(H,84,85)(H,86,87)(H,88,89)/b18-17+/t26?,27-,28?,29?,30?,31+,32+,33+,34?,35?,39-,40+,41+,42-,43+,44+,45?/m1/s1. The van der Waals surface area contributed by atoms with E-state index >= 15 is 0 Å². The number of unbranched alkanes of at least 4 members (excludes halogenated alkanes) is 1. The second-order valence-corrected chi connectivity index (χ2v) is 24.0. The molecular weight excluding hydrogens is 1190 g/mol. The zero-order chi connectivity index (χ0) is 68.2. The van der Waals surface area contributed by atoms with Crippen LogP contribution in [0.15, 0.2) is 12.2 Å². The van der Waals surface area contributed by atoms with Crippen molar-refractivity contribution in [3.63, 3.8) is 0 Å². The highest BCUT2D eigenvalue weighted by Crippen LogP contribution is 2.30. The van der Waals surface area contributed by atoms with E-state index in [1.807, 2.05) is 22.9 Å². The molecule has 0 radical (unpaired) electrons. The van der Waals surface area contributed by atoms with Gasteiger partial charge < -0.3 is 94.1 Å². The summed E-state index contributed by atoms with van der Waals surface area (Å²) in [7, 11) is 0. The lowest BCUT2D eigenvalue weighted by Crippen LogP contribution is -2.65. The molecule has 7 unspecified atom stereocenters. The Balaban J connectivity index is 2.26. The van der Waals surface area contributed by atoms with Crippen molar-refractivity contribution in [3.8, 4) is 0 Å². The molecule has 3 heterocycles. The highest BCUT2D eigenvalue weighted by Gasteiger charge is 2.46. The minimum Gasteiger partial charge on any atom is -0.481 e. The number of rotatable bonds is 23. The van der Waals surface area contributed by atoms with Crippen LogP contribution in [0, 0.1) is 35.5 Å². The molecule has 3 aliphatic rings. The van der Waals surface area contributed by atoms with Gasteiger partial charge in [-0.2, -0.15) is 0 Å². The second kappa shape index (κ2) is 35.2. The summed E-state index contributed by atoms with van der Waals surface area (Å²) in [6.45, 7) is 13.9. The van der Waals surface area contributed by atoms with Crippen LogP contribution in [0.1, 0.15) is 121 Å². The average molecular weight is 1280 g/mol. The van der Waals surface area contributed by atoms with Gasteiger partial charge in [0.1, 0.15) is 60.5 Å². The lowest BCUT2D eigenvalue weighted by Gasteiger charge is -2.34. The fourth-order valence-electron chi connectivity index (χ4n) is 9.90. The van der Waals surface area contributed by atoms with Crippen molar-refractivity contribution in [1.82, 2.24) is 58.1 Å². The van der Waals surface area contributed by atoms with Crippen molar-refractivity contribution >= 4 is 88.9 Å². The van der Waals surface area contributed by atoms with Crippen molar-refractivity contribution in [2.75, 3.05) is 19.6 Å². The third-order valence-corrected chi connectivity index (χ3v) is 15.8. The molecule has 0 bridgehead atoms. The van der Waals surface area contributed by atoms with Crippen molar-refractivity contribution in [2.24, 2.45) is 41.2 Å². The number of aliphatic hydroxyl groups is 1. The number of hydrogen-bond acceptors (Lipinski definition) is 18. The summed E-state index contributed by atoms with van der Waals surface area (Å²) in [6, 6.07) is -18.6. The summed E-state index contributed by atoms with van der Waals surface area (Å²) in [4.78, 5) is 206. The molecule has 3 saturated heterocycles. The van der Waals surface area contributed by atoms with E-state index in [-0.39, 0.29) is 44.9 Å². The van der Waals surface area contributed by atoms with Gasteiger partial charge in [-0.1, -0.05) is 54.9 Å². The van der Waals surface area contributed by atoms with Crippen LogP contribution in [0.4, 0.5) is 0 Å². The van der Waals surface area contributed by atoms with Crippen LogP contribution < -0.4 is 58.9 Å². The maximum Gasteiger partial charge on any atom is 0.335 e. The van der Waals surface area contributed by atoms with Crippen molar-refractivity contribution in [1.29, 1.82) is 0 Å². The molecule has 0 aromatic carbocycles. The number of nitrogens with zero attached hydrogens (tertiary/aromatic N) is 1. The molecule has 17 atom stereocenters. The second-order valence-electron chi connectivity index (χ2n) is 24.0. The minimum atomic E-state index is -2.84. The smallest absolute Gasteiger partial charge is 0.335 e. The van der Waals surface area contributed by atoms with Crippen LogP contribution in [-0.4, -0.2) is 218 Å². The Morgan fingerprint density at radius 2 is 1.27 bits per heavy atom. The summed E-state index contributed by atoms with van der Waals surface area (Å²) in [5, 5.41) is 73.3. The fraction of sp³-hybridized carbons (Fsp3) is 0.702. The van der Waals surface area contributed by atoms with Crippen LogP contribution >= 0.6 is 0 Å². The molecule has 0 aromatic heterocycles. The van der Waals surface area contributed by atoms with Gasteiger partial charge in [-0.25, -0.2) is 4.79 Å². The highest BCUT2D eigenvalue weighted by atomic mass is 16.6. The van der Waals surface area contributed by atoms with Gasteiger partial charge in [-0.15, -0.1) is 0 Å². The molecule has 33 heteroatoms. The van der Waals surface area contributed by atoms with Crippen LogP contribution in [-0.2, 0) is 76.7 Å². The summed E-state index contributed by atoms with van der Waals surface area (Å²) in [6.07, 6.45) is 0.221. The van der Waals surface area contributed by atoms with Crippen LogP contribution in [0.25, 0.3) is 0 Å². The number of aliphatic carboxylic acids is 4. The van der Waals surface area contributed by atoms with E-state index in [2.05, 4.69) is 44.1 Å². The molecule has 33 nitrogen and oxygen atoms in total. The Morgan fingerprint density at radius 1 is 0.678 bits per heavy atom. The minimum absolute atomic E-state index is 0.0301. The number of nitrogens with two attached hydrogens (primary N) is 1. The number of carboxylic acids is 4. The van der Waals surface area contributed by atoms with Gasteiger partial charge in [0.2, 0.25) is 65.0 Å². The molecule has 17 N–H and O–H groups in total. The van der Waals surface area contributed by atoms with E-state index in [0.29, 0.717) is 12.3 Å². The fourth-order valence-corrected chi connectivity index (χ4v) is 9.90. The number of ether oxygens (including phenoxy) is 1. The van der Waals surface area contributed by atoms with Gasteiger partial charge in [-0.05, 0) is 95.6 Å². The number of epoxide rings is 1. The normalized spacial score (nSPS) is 28.1. The summed E-state index contributed by atoms with van der Waals surface area (Å²) >= 11 is 0. The number of carbonyl (C=O) groups is 15. The number of amides is 11. The number of carbonyl (C=O) groups excluding carboxylic acids is 11. The lowest BCUT2D eigenvalue weighted by molar-refractivity contribution is -0.153. The van der Waals surface area contributed by atoms with Crippen molar-refractivity contribution in [2.45, 2.75) is 199 Å². The van der Waals surface area contributed by atoms with Gasteiger partial charge in [0.25, 0.3) is 0 Å². The van der Waals surface area contributed by atoms with Crippen LogP contribution in [0.5, 0.6) is 0 Å². The first-order valence-electron chi connectivity index (χ1n) is 30.0. The predicted molar refractivity (Wildman–Crippen MR) is 314 cm³/mol. The van der Waals surface area contributed by atoms with E-state index in [9.17, 15) is 97.5 Å². The van der Waals surface area contributed by atoms with E-state index in [1.165, 1.54) is 40.7 Å². The zero-order valence-electron chi connectivity index (χ0n) is 52.2. The topological polar surface area (TPSA) is 519 Å². The zero-order valence-corrected chi connectivity index (χ0v) is 52.2. The molecule has 504 valence electrons. The summed E-state index contributed by atoms with van der Waals surface area (Å²) in [5.41, 5.74) is 5.70. The monoisotopic (exact) mass is 1280 g/mol. The number of fused-ring (bicyclic) bond motifs is 1. The predicted octanol–water partition coefficient (Wildman–Crippen LogP) is -4.31. The first-order chi connectivity index (χ1) is 42.0. The first kappa shape index (κ1) is 75.9. The van der Waals surface area contributed by atoms with E-state index in [4.69, 9.17) is 10.5 Å². The van der Waals surface area contributed by atoms with Gasteiger partial charge in [0.15, 0.2) is 6.10 Å². The average Bonchev–Trinajstić information content (AvgIpc) is 1.60.